The van der Waals surface area contributed by atoms with Crippen molar-refractivity contribution in [3.8, 4) is 0 Å². The van der Waals surface area contributed by atoms with Gasteiger partial charge >= 0.3 is 0 Å². The Morgan fingerprint density at radius 2 is 1.38 bits per heavy atom. The molecule has 3 heterocycles. The van der Waals surface area contributed by atoms with Crippen molar-refractivity contribution >= 4 is 159 Å². The van der Waals surface area contributed by atoms with E-state index in [0.29, 0.717) is 0 Å². The molecule has 0 spiro atoms. The predicted molar refractivity (Wildman–Crippen MR) is 148 cm³/mol. The van der Waals surface area contributed by atoms with Gasteiger partial charge in [0.25, 0.3) is 0 Å². The molecule has 0 aliphatic carbocycles. The van der Waals surface area contributed by atoms with E-state index in [1.807, 2.05) is 81.9 Å². The maximum absolute atomic E-state index is 5.69. The topological polar surface area (TPSA) is 0 Å². The summed E-state index contributed by atoms with van der Waals surface area (Å²) in [5.41, 5.74) is 0. The van der Waals surface area contributed by atoms with Gasteiger partial charge in [0, 0.05) is 0 Å². The van der Waals surface area contributed by atoms with Gasteiger partial charge < -0.3 is 0 Å². The highest BCUT2D eigenvalue weighted by Crippen LogP contribution is 2.58. The van der Waals surface area contributed by atoms with E-state index in [1.54, 1.807) is 11.3 Å². The Bertz CT molecular complexity index is 853. The highest BCUT2D eigenvalue weighted by molar-refractivity contribution is 14.1. The molecule has 11 heteroatoms. The summed E-state index contributed by atoms with van der Waals surface area (Å²) in [5.74, 6) is 2.26. The lowest BCUT2D eigenvalue weighted by atomic mass is 10.9. The number of halogens is 2. The van der Waals surface area contributed by atoms with Crippen molar-refractivity contribution in [1.82, 2.24) is 0 Å². The molecular formula is C13H10I2S9. The van der Waals surface area contributed by atoms with Crippen LogP contribution in [0.25, 0.3) is 8.47 Å². The lowest BCUT2D eigenvalue weighted by Crippen LogP contribution is -1.96. The van der Waals surface area contributed by atoms with Crippen molar-refractivity contribution in [3.63, 3.8) is 0 Å². The summed E-state index contributed by atoms with van der Waals surface area (Å²) in [5, 5.41) is 0. The quantitative estimate of drug-likeness (QED) is 0.225. The fraction of sp³-hybridized carbons (Fsp3) is 0.308. The maximum Gasteiger partial charge on any atom is 0.110 e. The lowest BCUT2D eigenvalue weighted by molar-refractivity contribution is 1.53. The van der Waals surface area contributed by atoms with Gasteiger partial charge in [-0.2, -0.15) is 0 Å². The van der Waals surface area contributed by atoms with Gasteiger partial charge in [-0.1, -0.05) is 73.1 Å². The van der Waals surface area contributed by atoms with Crippen molar-refractivity contribution < 1.29 is 0 Å². The first kappa shape index (κ1) is 21.8. The molecule has 2 aliphatic rings. The molecule has 2 aliphatic heterocycles. The summed E-state index contributed by atoms with van der Waals surface area (Å²) in [6, 6.07) is 0. The van der Waals surface area contributed by atoms with Crippen molar-refractivity contribution in [2.45, 2.75) is 13.8 Å². The van der Waals surface area contributed by atoms with Gasteiger partial charge in [-0.25, -0.2) is 0 Å². The predicted octanol–water partition coefficient (Wildman–Crippen LogP) is 8.26. The summed E-state index contributed by atoms with van der Waals surface area (Å²) in [7, 11) is 0. The van der Waals surface area contributed by atoms with E-state index in [-0.39, 0.29) is 0 Å². The minimum absolute atomic E-state index is 1.04. The molecule has 0 unspecified atom stereocenters. The average molecular weight is 709 g/mol. The van der Waals surface area contributed by atoms with Crippen LogP contribution in [0.1, 0.15) is 13.8 Å². The van der Waals surface area contributed by atoms with E-state index < -0.39 is 0 Å². The molecule has 130 valence electrons. The monoisotopic (exact) mass is 708 g/mol. The molecule has 0 nitrogen and oxygen atoms in total. The number of rotatable bonds is 4. The van der Waals surface area contributed by atoms with E-state index in [1.165, 1.54) is 31.2 Å². The zero-order valence-electron chi connectivity index (χ0n) is 12.3. The molecule has 0 radical (unpaired) electrons. The van der Waals surface area contributed by atoms with Crippen LogP contribution < -0.4 is 8.38 Å². The molecular weight excluding hydrogens is 699 g/mol. The van der Waals surface area contributed by atoms with Crippen molar-refractivity contribution in [1.29, 1.82) is 0 Å². The first-order chi connectivity index (χ1) is 11.5. The van der Waals surface area contributed by atoms with Crippen LogP contribution in [0.2, 0.25) is 0 Å². The van der Waals surface area contributed by atoms with E-state index in [0.717, 1.165) is 15.3 Å². The van der Waals surface area contributed by atoms with Gasteiger partial charge in [-0.3, -0.25) is 0 Å². The minimum Gasteiger partial charge on any atom is -0.119 e. The number of thioether (sulfide) groups is 6. The second kappa shape index (κ2) is 10.2. The Morgan fingerprint density at radius 3 is 1.88 bits per heavy atom. The summed E-state index contributed by atoms with van der Waals surface area (Å²) < 4.78 is 12.1. The molecule has 0 aromatic carbocycles. The van der Waals surface area contributed by atoms with Gasteiger partial charge in [0.1, 0.15) is 7.67 Å². The van der Waals surface area contributed by atoms with Crippen LogP contribution in [0.15, 0.2) is 14.3 Å². The molecule has 3 rings (SSSR count). The molecule has 0 saturated heterocycles. The molecule has 0 amide bonds. The molecule has 1 aromatic rings. The lowest BCUT2D eigenvalue weighted by Gasteiger charge is -1.99. The third-order valence-electron chi connectivity index (χ3n) is 2.53. The minimum atomic E-state index is 1.04. The highest BCUT2D eigenvalue weighted by atomic mass is 127. The molecule has 0 N–H and O–H groups in total. The fourth-order valence-corrected chi connectivity index (χ4v) is 15.8. The fourth-order valence-electron chi connectivity index (χ4n) is 1.65. The van der Waals surface area contributed by atoms with Crippen LogP contribution in [-0.4, -0.2) is 11.5 Å². The van der Waals surface area contributed by atoms with Crippen LogP contribution >= 0.6 is 151 Å². The van der Waals surface area contributed by atoms with Crippen LogP contribution in [-0.2, 0) is 0 Å². The molecule has 24 heavy (non-hydrogen) atoms. The standard InChI is InChI=1S/C13H10I2S9/c1-3-17-10-11(18-4-2)24-13(23-10)12-19-5(8(16)22-12)9-20-6(14)7(15)21-9/h3-4H2,1-2H3. The molecule has 0 saturated carbocycles. The van der Waals surface area contributed by atoms with Gasteiger partial charge in [0.2, 0.25) is 0 Å². The normalized spacial score (nSPS) is 18.5. The molecule has 1 aromatic heterocycles. The molecule has 0 fully saturated rings. The zero-order chi connectivity index (χ0) is 17.3. The third-order valence-corrected chi connectivity index (χ3v) is 17.9. The molecule has 0 bridgehead atoms. The zero-order valence-corrected chi connectivity index (χ0v) is 24.0. The molecule has 0 atom stereocenters. The Balaban J connectivity index is 1.98. The van der Waals surface area contributed by atoms with Crippen molar-refractivity contribution in [2.24, 2.45) is 0 Å². The summed E-state index contributed by atoms with van der Waals surface area (Å²) in [6.07, 6.45) is 0. The first-order valence-corrected chi connectivity index (χ1v) is 16.1. The van der Waals surface area contributed by atoms with Crippen LogP contribution in [0.3, 0.4) is 0 Å². The van der Waals surface area contributed by atoms with E-state index in [2.05, 4.69) is 59.0 Å². The maximum atomic E-state index is 5.69. The van der Waals surface area contributed by atoms with Gasteiger partial charge in [0.15, 0.2) is 0 Å². The number of hydrogen-bond donors (Lipinski definition) is 0. The average Bonchev–Trinajstić information content (AvgIpc) is 3.20. The van der Waals surface area contributed by atoms with Crippen LogP contribution in [0, 0.1) is 3.82 Å². The third kappa shape index (κ3) is 5.15. The summed E-state index contributed by atoms with van der Waals surface area (Å²) in [4.78, 5) is 0. The van der Waals surface area contributed by atoms with Crippen LogP contribution in [0.5, 0.6) is 0 Å². The Hall–Kier alpha value is 3.05. The Labute approximate surface area is 207 Å². The van der Waals surface area contributed by atoms with Gasteiger partial charge in [0.05, 0.1) is 27.3 Å². The van der Waals surface area contributed by atoms with Crippen LogP contribution in [0.4, 0.5) is 0 Å². The van der Waals surface area contributed by atoms with E-state index in [4.69, 9.17) is 12.2 Å². The first-order valence-electron chi connectivity index (χ1n) is 6.68. The van der Waals surface area contributed by atoms with Crippen molar-refractivity contribution in [2.75, 3.05) is 11.5 Å². The second-order valence-electron chi connectivity index (χ2n) is 4.08. The summed E-state index contributed by atoms with van der Waals surface area (Å²) in [6.45, 7) is 4.45. The van der Waals surface area contributed by atoms with Gasteiger partial charge in [-0.05, 0) is 56.7 Å². The number of hydrogen-bond acceptors (Lipinski definition) is 9. The SMILES string of the molecule is CCSC1=C(SCC)SC(=c2sc(=S)c(=C3SC(I)=C(I)S3)s2)S1. The summed E-state index contributed by atoms with van der Waals surface area (Å²) >= 11 is 25.7. The van der Waals surface area contributed by atoms with Gasteiger partial charge in [-0.15, -0.1) is 46.2 Å². The van der Waals surface area contributed by atoms with Crippen molar-refractivity contribution in [3.05, 3.63) is 26.5 Å². The smallest absolute Gasteiger partial charge is 0.110 e. The largest absolute Gasteiger partial charge is 0.119 e. The second-order valence-corrected chi connectivity index (χ2v) is 18.3. The van der Waals surface area contributed by atoms with E-state index in [9.17, 15) is 0 Å². The Kier molecular flexibility index (Phi) is 9.24. The Morgan fingerprint density at radius 1 is 0.833 bits per heavy atom. The van der Waals surface area contributed by atoms with E-state index >= 15 is 0 Å². The highest BCUT2D eigenvalue weighted by Gasteiger charge is 2.24.